The number of hydrogen-bond acceptors (Lipinski definition) is 4. The van der Waals surface area contributed by atoms with Crippen LogP contribution in [0, 0.1) is 0 Å². The summed E-state index contributed by atoms with van der Waals surface area (Å²) in [4.78, 5) is 0. The lowest BCUT2D eigenvalue weighted by molar-refractivity contribution is 0.170. The normalized spacial score (nSPS) is 12.4. The molecule has 0 bridgehead atoms. The lowest BCUT2D eigenvalue weighted by atomic mass is 10.5. The van der Waals surface area contributed by atoms with Gasteiger partial charge in [0.2, 0.25) is 0 Å². The van der Waals surface area contributed by atoms with Crippen LogP contribution in [0.4, 0.5) is 0 Å². The van der Waals surface area contributed by atoms with Crippen LogP contribution in [0.25, 0.3) is 0 Å². The summed E-state index contributed by atoms with van der Waals surface area (Å²) in [5.74, 6) is 0. The van der Waals surface area contributed by atoms with Crippen LogP contribution < -0.4 is 0 Å². The fraction of sp³-hybridized carbons (Fsp3) is 0.750. The maximum absolute atomic E-state index is 6.05. The highest BCUT2D eigenvalue weighted by Crippen LogP contribution is 2.23. The van der Waals surface area contributed by atoms with Crippen LogP contribution in [0.15, 0.2) is 24.7 Å². The molecule has 0 rings (SSSR count). The van der Waals surface area contributed by atoms with Gasteiger partial charge in [-0.05, 0) is 52.6 Å². The predicted octanol–water partition coefficient (Wildman–Crippen LogP) is 4.38. The average Bonchev–Trinajstić information content (AvgIpc) is 2.47. The largest absolute Gasteiger partial charge is 0.502 e. The molecule has 0 radical (unpaired) electrons. The van der Waals surface area contributed by atoms with Crippen LogP contribution in [0.2, 0.25) is 12.1 Å². The van der Waals surface area contributed by atoms with Crippen molar-refractivity contribution >= 4 is 8.56 Å². The van der Waals surface area contributed by atoms with Gasteiger partial charge in [0.1, 0.15) is 0 Å². The lowest BCUT2D eigenvalue weighted by Gasteiger charge is -2.30. The van der Waals surface area contributed by atoms with Gasteiger partial charge >= 0.3 is 8.56 Å². The van der Waals surface area contributed by atoms with E-state index in [0.29, 0.717) is 26.4 Å². The summed E-state index contributed by atoms with van der Waals surface area (Å²) in [5, 5.41) is 0. The Bertz CT molecular complexity index is 251. The van der Waals surface area contributed by atoms with E-state index in [-0.39, 0.29) is 0 Å². The van der Waals surface area contributed by atoms with Crippen LogP contribution in [0.3, 0.4) is 0 Å². The maximum atomic E-state index is 6.05. The van der Waals surface area contributed by atoms with Gasteiger partial charge in [-0.1, -0.05) is 12.2 Å². The molecule has 0 fully saturated rings. The smallest absolute Gasteiger partial charge is 0.338 e. The van der Waals surface area contributed by atoms with E-state index in [9.17, 15) is 0 Å². The van der Waals surface area contributed by atoms with Crippen molar-refractivity contribution < 1.29 is 18.3 Å². The molecule has 4 nitrogen and oxygen atoms in total. The minimum atomic E-state index is -2.12. The Balaban J connectivity index is 4.28. The topological polar surface area (TPSA) is 36.9 Å². The molecular weight excluding hydrogens is 284 g/mol. The first-order valence-electron chi connectivity index (χ1n) is 7.98. The molecule has 0 aliphatic heterocycles. The van der Waals surface area contributed by atoms with Crippen molar-refractivity contribution in [2.75, 3.05) is 26.4 Å². The molecule has 0 spiro atoms. The minimum absolute atomic E-state index is 0.706. The Morgan fingerprint density at radius 3 is 1.52 bits per heavy atom. The molecule has 0 aliphatic rings. The molecule has 0 aliphatic carbocycles. The Morgan fingerprint density at radius 1 is 0.762 bits per heavy atom. The van der Waals surface area contributed by atoms with E-state index >= 15 is 0 Å². The summed E-state index contributed by atoms with van der Waals surface area (Å²) in [6.07, 6.45) is 9.19. The zero-order valence-corrected chi connectivity index (χ0v) is 15.1. The van der Waals surface area contributed by atoms with Gasteiger partial charge in [0, 0.05) is 13.2 Å². The first kappa shape index (κ1) is 20.2. The number of hydrogen-bond donors (Lipinski definition) is 0. The maximum Gasteiger partial charge on any atom is 0.338 e. The standard InChI is InChI=1S/C16H32O4Si/c1-5-11-17-13-9-15-21(19-7-3,20-8-4)16-10-14-18-12-6-2/h5-6,11-12H,7-10,13-16H2,1-4H3/b11-5-,12-6-. The Labute approximate surface area is 131 Å². The van der Waals surface area contributed by atoms with E-state index in [2.05, 4.69) is 0 Å². The molecule has 0 saturated heterocycles. The van der Waals surface area contributed by atoms with E-state index in [4.69, 9.17) is 18.3 Å². The van der Waals surface area contributed by atoms with Crippen molar-refractivity contribution in [2.24, 2.45) is 0 Å². The van der Waals surface area contributed by atoms with Crippen LogP contribution in [-0.2, 0) is 18.3 Å². The van der Waals surface area contributed by atoms with Crippen LogP contribution >= 0.6 is 0 Å². The van der Waals surface area contributed by atoms with Gasteiger partial charge in [-0.2, -0.15) is 0 Å². The van der Waals surface area contributed by atoms with Gasteiger partial charge < -0.3 is 18.3 Å². The highest BCUT2D eigenvalue weighted by atomic mass is 28.4. The van der Waals surface area contributed by atoms with Crippen molar-refractivity contribution in [2.45, 2.75) is 52.6 Å². The van der Waals surface area contributed by atoms with Crippen molar-refractivity contribution in [1.29, 1.82) is 0 Å². The zero-order chi connectivity index (χ0) is 15.8. The quantitative estimate of drug-likeness (QED) is 0.271. The van der Waals surface area contributed by atoms with E-state index in [1.54, 1.807) is 12.5 Å². The van der Waals surface area contributed by atoms with Gasteiger partial charge in [-0.15, -0.1) is 0 Å². The fourth-order valence-electron chi connectivity index (χ4n) is 2.16. The first-order valence-corrected chi connectivity index (χ1v) is 10.2. The average molecular weight is 317 g/mol. The Hall–Kier alpha value is -0.783. The lowest BCUT2D eigenvalue weighted by Crippen LogP contribution is -2.42. The SMILES string of the molecule is C/C=C\OCCC[Si](CCCO/C=C\C)(OCC)OCC. The third-order valence-corrected chi connectivity index (χ3v) is 6.78. The third-order valence-electron chi connectivity index (χ3n) is 2.92. The molecule has 21 heavy (non-hydrogen) atoms. The van der Waals surface area contributed by atoms with Crippen molar-refractivity contribution in [3.8, 4) is 0 Å². The van der Waals surface area contributed by atoms with E-state index in [1.807, 2.05) is 39.8 Å². The summed E-state index contributed by atoms with van der Waals surface area (Å²) >= 11 is 0. The molecule has 0 saturated carbocycles. The minimum Gasteiger partial charge on any atom is -0.502 e. The molecule has 0 aromatic carbocycles. The summed E-state index contributed by atoms with van der Waals surface area (Å²) in [6, 6.07) is 1.94. The van der Waals surface area contributed by atoms with Gasteiger partial charge in [0.05, 0.1) is 25.7 Å². The van der Waals surface area contributed by atoms with Gasteiger partial charge in [-0.3, -0.25) is 0 Å². The second-order valence-electron chi connectivity index (χ2n) is 4.66. The molecule has 0 heterocycles. The summed E-state index contributed by atoms with van der Waals surface area (Å²) in [7, 11) is -2.12. The first-order chi connectivity index (χ1) is 10.2. The number of allylic oxidation sites excluding steroid dienone is 2. The van der Waals surface area contributed by atoms with Crippen LogP contribution in [-0.4, -0.2) is 35.0 Å². The van der Waals surface area contributed by atoms with E-state index < -0.39 is 8.56 Å². The summed E-state index contributed by atoms with van der Waals surface area (Å²) < 4.78 is 22.9. The van der Waals surface area contributed by atoms with Gasteiger partial charge in [-0.25, -0.2) is 0 Å². The molecule has 0 N–H and O–H groups in total. The molecule has 0 atom stereocenters. The number of rotatable bonds is 14. The van der Waals surface area contributed by atoms with Crippen molar-refractivity contribution in [3.05, 3.63) is 24.7 Å². The zero-order valence-electron chi connectivity index (χ0n) is 14.1. The highest BCUT2D eigenvalue weighted by molar-refractivity contribution is 6.67. The Kier molecular flexibility index (Phi) is 13.6. The number of ether oxygens (including phenoxy) is 2. The molecule has 0 amide bonds. The Morgan fingerprint density at radius 2 is 1.19 bits per heavy atom. The second kappa shape index (κ2) is 14.2. The van der Waals surface area contributed by atoms with Gasteiger partial charge in [0.25, 0.3) is 0 Å². The molecule has 124 valence electrons. The van der Waals surface area contributed by atoms with Gasteiger partial charge in [0.15, 0.2) is 0 Å². The highest BCUT2D eigenvalue weighted by Gasteiger charge is 2.36. The fourth-order valence-corrected chi connectivity index (χ4v) is 5.49. The summed E-state index contributed by atoms with van der Waals surface area (Å²) in [6.45, 7) is 10.8. The molecule has 0 aromatic heterocycles. The van der Waals surface area contributed by atoms with E-state index in [0.717, 1.165) is 24.9 Å². The third kappa shape index (κ3) is 10.6. The second-order valence-corrected chi connectivity index (χ2v) is 8.06. The predicted molar refractivity (Wildman–Crippen MR) is 89.4 cm³/mol. The molecule has 5 heteroatoms. The van der Waals surface area contributed by atoms with Crippen molar-refractivity contribution in [3.63, 3.8) is 0 Å². The summed E-state index contributed by atoms with van der Waals surface area (Å²) in [5.41, 5.74) is 0. The monoisotopic (exact) mass is 316 g/mol. The van der Waals surface area contributed by atoms with Crippen LogP contribution in [0.5, 0.6) is 0 Å². The molecular formula is C16H32O4Si. The van der Waals surface area contributed by atoms with Crippen molar-refractivity contribution in [1.82, 2.24) is 0 Å². The molecule has 0 aromatic rings. The van der Waals surface area contributed by atoms with E-state index in [1.165, 1.54) is 0 Å². The van der Waals surface area contributed by atoms with Crippen LogP contribution in [0.1, 0.15) is 40.5 Å². The molecule has 0 unspecified atom stereocenters.